The second-order valence-electron chi connectivity index (χ2n) is 5.98. The van der Waals surface area contributed by atoms with Crippen molar-refractivity contribution in [3.8, 4) is 22.8 Å². The van der Waals surface area contributed by atoms with Crippen LogP contribution in [0.3, 0.4) is 0 Å². The number of amides is 1. The summed E-state index contributed by atoms with van der Waals surface area (Å²) in [5, 5.41) is 10.9. The predicted octanol–water partition coefficient (Wildman–Crippen LogP) is 3.64. The Morgan fingerprint density at radius 1 is 1.21 bits per heavy atom. The number of hydrogen-bond donors (Lipinski definition) is 2. The van der Waals surface area contributed by atoms with Gasteiger partial charge in [-0.1, -0.05) is 19.1 Å². The number of carbonyl (C=O) groups excluding carboxylic acids is 1. The van der Waals surface area contributed by atoms with E-state index in [4.69, 9.17) is 9.47 Å². The van der Waals surface area contributed by atoms with Crippen molar-refractivity contribution in [2.75, 3.05) is 13.7 Å². The maximum absolute atomic E-state index is 12.3. The van der Waals surface area contributed by atoms with E-state index in [0.717, 1.165) is 23.3 Å². The highest BCUT2D eigenvalue weighted by molar-refractivity contribution is 5.94. The van der Waals surface area contributed by atoms with Gasteiger partial charge in [0.25, 0.3) is 5.91 Å². The number of para-hydroxylation sites is 1. The van der Waals surface area contributed by atoms with Crippen molar-refractivity contribution in [3.05, 3.63) is 65.9 Å². The van der Waals surface area contributed by atoms with Crippen molar-refractivity contribution in [2.45, 2.75) is 13.3 Å². The Labute approximate surface area is 163 Å². The predicted molar refractivity (Wildman–Crippen MR) is 108 cm³/mol. The number of aromatic amines is 1. The monoisotopic (exact) mass is 378 g/mol. The second kappa shape index (κ2) is 9.36. The maximum atomic E-state index is 12.3. The van der Waals surface area contributed by atoms with Gasteiger partial charge in [-0.05, 0) is 48.9 Å². The lowest BCUT2D eigenvalue weighted by molar-refractivity contribution is 0.0950. The molecule has 0 saturated carbocycles. The van der Waals surface area contributed by atoms with Crippen LogP contribution in [0.25, 0.3) is 11.3 Å². The first-order valence-electron chi connectivity index (χ1n) is 8.96. The van der Waals surface area contributed by atoms with E-state index in [-0.39, 0.29) is 5.91 Å². The van der Waals surface area contributed by atoms with Crippen molar-refractivity contribution >= 4 is 12.1 Å². The van der Waals surface area contributed by atoms with Crippen molar-refractivity contribution in [2.24, 2.45) is 5.10 Å². The molecule has 0 unspecified atom stereocenters. The molecule has 144 valence electrons. The molecule has 7 heteroatoms. The molecule has 0 aliphatic rings. The van der Waals surface area contributed by atoms with E-state index in [1.54, 1.807) is 13.2 Å². The SMILES string of the molecule is CCCOc1ccc(-c2cc(C(=O)NN=Cc3ccccc3OC)[nH]n2)cc1. The molecule has 0 fully saturated rings. The van der Waals surface area contributed by atoms with E-state index >= 15 is 0 Å². The normalized spacial score (nSPS) is 10.8. The molecule has 1 amide bonds. The molecule has 0 spiro atoms. The number of hydrazone groups is 1. The molecule has 0 radical (unpaired) electrons. The Balaban J connectivity index is 1.63. The molecule has 2 N–H and O–H groups in total. The number of nitrogens with zero attached hydrogens (tertiary/aromatic N) is 2. The third-order valence-corrected chi connectivity index (χ3v) is 3.95. The van der Waals surface area contributed by atoms with E-state index in [9.17, 15) is 4.79 Å². The molecule has 0 saturated heterocycles. The van der Waals surface area contributed by atoms with Crippen LogP contribution >= 0.6 is 0 Å². The van der Waals surface area contributed by atoms with Gasteiger partial charge in [-0.2, -0.15) is 10.2 Å². The van der Waals surface area contributed by atoms with Gasteiger partial charge in [-0.15, -0.1) is 0 Å². The number of methoxy groups -OCH3 is 1. The standard InChI is InChI=1S/C21H22N4O3/c1-3-12-28-17-10-8-15(9-11-17)18-13-19(24-23-18)21(26)25-22-14-16-6-4-5-7-20(16)27-2/h4-11,13-14H,3,12H2,1-2H3,(H,23,24)(H,25,26). The van der Waals surface area contributed by atoms with Gasteiger partial charge in [-0.3, -0.25) is 9.89 Å². The molecule has 1 aromatic heterocycles. The van der Waals surface area contributed by atoms with E-state index < -0.39 is 0 Å². The van der Waals surface area contributed by atoms with Gasteiger partial charge in [0, 0.05) is 11.1 Å². The quantitative estimate of drug-likeness (QED) is 0.463. The molecule has 1 heterocycles. The third-order valence-electron chi connectivity index (χ3n) is 3.95. The van der Waals surface area contributed by atoms with Crippen molar-refractivity contribution < 1.29 is 14.3 Å². The summed E-state index contributed by atoms with van der Waals surface area (Å²) >= 11 is 0. The van der Waals surface area contributed by atoms with Crippen LogP contribution in [0, 0.1) is 0 Å². The fraction of sp³-hybridized carbons (Fsp3) is 0.190. The Hall–Kier alpha value is -3.61. The van der Waals surface area contributed by atoms with Crippen molar-refractivity contribution in [1.29, 1.82) is 0 Å². The van der Waals surface area contributed by atoms with Crippen LogP contribution in [0.4, 0.5) is 0 Å². The molecule has 0 aliphatic heterocycles. The van der Waals surface area contributed by atoms with E-state index in [1.807, 2.05) is 48.5 Å². The Kier molecular flexibility index (Phi) is 6.41. The molecular formula is C21H22N4O3. The number of nitrogens with one attached hydrogen (secondary N) is 2. The summed E-state index contributed by atoms with van der Waals surface area (Å²) in [6, 6.07) is 16.7. The molecular weight excluding hydrogens is 356 g/mol. The largest absolute Gasteiger partial charge is 0.496 e. The van der Waals surface area contributed by atoms with Crippen LogP contribution < -0.4 is 14.9 Å². The molecule has 28 heavy (non-hydrogen) atoms. The number of carbonyl (C=O) groups is 1. The average molecular weight is 378 g/mol. The van der Waals surface area contributed by atoms with Crippen LogP contribution in [-0.2, 0) is 0 Å². The van der Waals surface area contributed by atoms with Crippen LogP contribution in [0.1, 0.15) is 29.4 Å². The van der Waals surface area contributed by atoms with Gasteiger partial charge in [0.05, 0.1) is 25.6 Å². The van der Waals surface area contributed by atoms with Crippen molar-refractivity contribution in [3.63, 3.8) is 0 Å². The van der Waals surface area contributed by atoms with E-state index in [2.05, 4.69) is 27.6 Å². The summed E-state index contributed by atoms with van der Waals surface area (Å²) in [5.41, 5.74) is 5.12. The fourth-order valence-corrected chi connectivity index (χ4v) is 2.52. The summed E-state index contributed by atoms with van der Waals surface area (Å²) < 4.78 is 10.8. The number of hydrogen-bond acceptors (Lipinski definition) is 5. The highest BCUT2D eigenvalue weighted by atomic mass is 16.5. The molecule has 0 aliphatic carbocycles. The van der Waals surface area contributed by atoms with Gasteiger partial charge in [0.1, 0.15) is 17.2 Å². The first kappa shape index (κ1) is 19.2. The first-order valence-corrected chi connectivity index (χ1v) is 8.96. The van der Waals surface area contributed by atoms with Crippen LogP contribution in [0.15, 0.2) is 59.7 Å². The van der Waals surface area contributed by atoms with Crippen molar-refractivity contribution in [1.82, 2.24) is 15.6 Å². The topological polar surface area (TPSA) is 88.6 Å². The Morgan fingerprint density at radius 3 is 2.75 bits per heavy atom. The summed E-state index contributed by atoms with van der Waals surface area (Å²) in [4.78, 5) is 12.3. The highest BCUT2D eigenvalue weighted by Gasteiger charge is 2.10. The third kappa shape index (κ3) is 4.76. The van der Waals surface area contributed by atoms with Crippen LogP contribution in [-0.4, -0.2) is 36.0 Å². The first-order chi connectivity index (χ1) is 13.7. The van der Waals surface area contributed by atoms with E-state index in [1.165, 1.54) is 6.21 Å². The number of rotatable bonds is 8. The molecule has 0 bridgehead atoms. The maximum Gasteiger partial charge on any atom is 0.289 e. The average Bonchev–Trinajstić information content (AvgIpc) is 3.23. The zero-order valence-electron chi connectivity index (χ0n) is 15.8. The van der Waals surface area contributed by atoms with Gasteiger partial charge >= 0.3 is 0 Å². The minimum absolute atomic E-state index is 0.318. The zero-order chi connectivity index (χ0) is 19.8. The fourth-order valence-electron chi connectivity index (χ4n) is 2.52. The molecule has 3 aromatic rings. The Bertz CT molecular complexity index is 948. The molecule has 7 nitrogen and oxygen atoms in total. The molecule has 3 rings (SSSR count). The second-order valence-corrected chi connectivity index (χ2v) is 5.98. The number of ether oxygens (including phenoxy) is 2. The summed E-state index contributed by atoms with van der Waals surface area (Å²) in [6.07, 6.45) is 2.49. The summed E-state index contributed by atoms with van der Waals surface area (Å²) in [7, 11) is 1.58. The van der Waals surface area contributed by atoms with E-state index in [0.29, 0.717) is 23.7 Å². The molecule has 0 atom stereocenters. The lowest BCUT2D eigenvalue weighted by Gasteiger charge is -2.04. The van der Waals surface area contributed by atoms with Crippen LogP contribution in [0.2, 0.25) is 0 Å². The van der Waals surface area contributed by atoms with Gasteiger partial charge in [-0.25, -0.2) is 5.43 Å². The van der Waals surface area contributed by atoms with Gasteiger partial charge in [0.2, 0.25) is 0 Å². The van der Waals surface area contributed by atoms with Gasteiger partial charge in [0.15, 0.2) is 0 Å². The molecule has 2 aromatic carbocycles. The Morgan fingerprint density at radius 2 is 2.00 bits per heavy atom. The number of aromatic nitrogens is 2. The zero-order valence-corrected chi connectivity index (χ0v) is 15.8. The minimum atomic E-state index is -0.382. The number of benzene rings is 2. The van der Waals surface area contributed by atoms with Crippen LogP contribution in [0.5, 0.6) is 11.5 Å². The lowest BCUT2D eigenvalue weighted by Crippen LogP contribution is -2.18. The minimum Gasteiger partial charge on any atom is -0.496 e. The van der Waals surface area contributed by atoms with Gasteiger partial charge < -0.3 is 9.47 Å². The summed E-state index contributed by atoms with van der Waals surface area (Å²) in [5.74, 6) is 1.10. The lowest BCUT2D eigenvalue weighted by atomic mass is 10.1. The highest BCUT2D eigenvalue weighted by Crippen LogP contribution is 2.21. The summed E-state index contributed by atoms with van der Waals surface area (Å²) in [6.45, 7) is 2.74. The smallest absolute Gasteiger partial charge is 0.289 e. The number of H-pyrrole nitrogens is 1.